The van der Waals surface area contributed by atoms with Gasteiger partial charge in [-0.1, -0.05) is 13.3 Å². The number of hydrogen-bond acceptors (Lipinski definition) is 2. The summed E-state index contributed by atoms with van der Waals surface area (Å²) >= 11 is 0. The molecule has 1 rings (SSSR count). The van der Waals surface area contributed by atoms with E-state index >= 15 is 0 Å². The zero-order valence-corrected chi connectivity index (χ0v) is 8.34. The fourth-order valence-electron chi connectivity index (χ4n) is 1.70. The van der Waals surface area contributed by atoms with Crippen molar-refractivity contribution in [1.82, 2.24) is 4.90 Å². The molecule has 0 aromatic rings. The molecule has 0 N–H and O–H groups in total. The predicted molar refractivity (Wildman–Crippen MR) is 49.9 cm³/mol. The Bertz CT molecular complexity index is 244. The second-order valence-corrected chi connectivity index (χ2v) is 3.78. The van der Waals surface area contributed by atoms with Crippen LogP contribution in [0.15, 0.2) is 0 Å². The number of amides is 1. The Morgan fingerprint density at radius 2 is 2.38 bits per heavy atom. The minimum Gasteiger partial charge on any atom is -0.324 e. The Morgan fingerprint density at radius 3 is 2.92 bits per heavy atom. The monoisotopic (exact) mass is 180 g/mol. The predicted octanol–water partition coefficient (Wildman–Crippen LogP) is 1.69. The van der Waals surface area contributed by atoms with Crippen molar-refractivity contribution in [3.05, 3.63) is 0 Å². The lowest BCUT2D eigenvalue weighted by atomic mass is 10.0. The van der Waals surface area contributed by atoms with E-state index in [-0.39, 0.29) is 5.91 Å². The Kier molecular flexibility index (Phi) is 2.92. The summed E-state index contributed by atoms with van der Waals surface area (Å²) in [5.41, 5.74) is -0.535. The van der Waals surface area contributed by atoms with Crippen LogP contribution in [0.5, 0.6) is 0 Å². The van der Waals surface area contributed by atoms with E-state index in [1.807, 2.05) is 6.92 Å². The van der Waals surface area contributed by atoms with E-state index in [2.05, 4.69) is 13.0 Å². The number of nitrogens with zero attached hydrogens (tertiary/aromatic N) is 2. The van der Waals surface area contributed by atoms with Crippen LogP contribution in [0.25, 0.3) is 0 Å². The summed E-state index contributed by atoms with van der Waals surface area (Å²) in [5.74, 6) is 0.137. The second kappa shape index (κ2) is 3.78. The molecule has 1 saturated heterocycles. The van der Waals surface area contributed by atoms with E-state index in [1.165, 1.54) is 0 Å². The molecule has 1 heterocycles. The molecule has 0 aromatic carbocycles. The van der Waals surface area contributed by atoms with Gasteiger partial charge in [0, 0.05) is 13.0 Å². The minimum absolute atomic E-state index is 0.137. The van der Waals surface area contributed by atoms with E-state index in [9.17, 15) is 4.79 Å². The highest BCUT2D eigenvalue weighted by atomic mass is 16.2. The summed E-state index contributed by atoms with van der Waals surface area (Å²) < 4.78 is 0. The third kappa shape index (κ3) is 1.82. The van der Waals surface area contributed by atoms with Crippen LogP contribution in [0.2, 0.25) is 0 Å². The van der Waals surface area contributed by atoms with Gasteiger partial charge in [0.25, 0.3) is 0 Å². The van der Waals surface area contributed by atoms with Gasteiger partial charge in [0.2, 0.25) is 5.91 Å². The number of carbonyl (C=O) groups excluding carboxylic acids is 1. The molecule has 1 fully saturated rings. The lowest BCUT2D eigenvalue weighted by Crippen LogP contribution is -2.42. The lowest BCUT2D eigenvalue weighted by Gasteiger charge is -2.28. The van der Waals surface area contributed by atoms with Crippen molar-refractivity contribution in [3.63, 3.8) is 0 Å². The Labute approximate surface area is 79.3 Å². The molecule has 1 aliphatic rings. The van der Waals surface area contributed by atoms with Gasteiger partial charge in [-0.3, -0.25) is 4.79 Å². The number of carbonyl (C=O) groups is 1. The Hall–Kier alpha value is -1.04. The second-order valence-electron chi connectivity index (χ2n) is 3.78. The summed E-state index contributed by atoms with van der Waals surface area (Å²) in [6, 6.07) is 2.23. The maximum absolute atomic E-state index is 11.4. The Morgan fingerprint density at radius 1 is 1.69 bits per heavy atom. The molecule has 1 amide bonds. The molecule has 13 heavy (non-hydrogen) atoms. The van der Waals surface area contributed by atoms with Crippen molar-refractivity contribution in [2.24, 2.45) is 0 Å². The van der Waals surface area contributed by atoms with Crippen LogP contribution in [0.1, 0.15) is 39.5 Å². The van der Waals surface area contributed by atoms with E-state index in [0.717, 1.165) is 19.4 Å². The first-order valence-electron chi connectivity index (χ1n) is 4.86. The first-order chi connectivity index (χ1) is 6.14. The molecule has 1 aliphatic heterocycles. The fraction of sp³-hybridized carbons (Fsp3) is 0.800. The van der Waals surface area contributed by atoms with Gasteiger partial charge in [-0.15, -0.1) is 0 Å². The standard InChI is InChI=1S/C10H16N2O/c1-3-4-7-12-9(13)5-6-10(12,2)8-11/h3-7H2,1-2H3. The van der Waals surface area contributed by atoms with Crippen LogP contribution in [0.3, 0.4) is 0 Å². The van der Waals surface area contributed by atoms with Gasteiger partial charge < -0.3 is 4.90 Å². The fourth-order valence-corrected chi connectivity index (χ4v) is 1.70. The normalized spacial score (nSPS) is 27.8. The molecule has 72 valence electrons. The molecule has 0 aliphatic carbocycles. The van der Waals surface area contributed by atoms with Crippen molar-refractivity contribution < 1.29 is 4.79 Å². The molecule has 3 heteroatoms. The smallest absolute Gasteiger partial charge is 0.223 e. The highest BCUT2D eigenvalue weighted by Crippen LogP contribution is 2.29. The van der Waals surface area contributed by atoms with E-state index in [0.29, 0.717) is 12.8 Å². The molecule has 0 saturated carbocycles. The first-order valence-corrected chi connectivity index (χ1v) is 4.86. The largest absolute Gasteiger partial charge is 0.324 e. The van der Waals surface area contributed by atoms with Crippen LogP contribution in [-0.4, -0.2) is 22.9 Å². The SMILES string of the molecule is CCCCN1C(=O)CCC1(C)C#N. The van der Waals surface area contributed by atoms with Crippen LogP contribution < -0.4 is 0 Å². The topological polar surface area (TPSA) is 44.1 Å². The first kappa shape index (κ1) is 10.0. The third-order valence-corrected chi connectivity index (χ3v) is 2.70. The van der Waals surface area contributed by atoms with Crippen molar-refractivity contribution in [3.8, 4) is 6.07 Å². The van der Waals surface area contributed by atoms with Gasteiger partial charge in [0.1, 0.15) is 5.54 Å². The molecule has 3 nitrogen and oxygen atoms in total. The molecule has 1 atom stereocenters. The minimum atomic E-state index is -0.535. The van der Waals surface area contributed by atoms with Crippen LogP contribution in [0, 0.1) is 11.3 Å². The van der Waals surface area contributed by atoms with Gasteiger partial charge >= 0.3 is 0 Å². The van der Waals surface area contributed by atoms with Gasteiger partial charge in [0.05, 0.1) is 6.07 Å². The van der Waals surface area contributed by atoms with Gasteiger partial charge in [-0.05, 0) is 19.8 Å². The van der Waals surface area contributed by atoms with E-state index < -0.39 is 5.54 Å². The van der Waals surface area contributed by atoms with Crippen molar-refractivity contribution in [1.29, 1.82) is 5.26 Å². The third-order valence-electron chi connectivity index (χ3n) is 2.70. The van der Waals surface area contributed by atoms with Crippen molar-refractivity contribution in [2.45, 2.75) is 45.1 Å². The van der Waals surface area contributed by atoms with Gasteiger partial charge in [-0.2, -0.15) is 5.26 Å². The quantitative estimate of drug-likeness (QED) is 0.663. The number of nitriles is 1. The summed E-state index contributed by atoms with van der Waals surface area (Å²) in [6.45, 7) is 4.68. The molecule has 0 aromatic heterocycles. The van der Waals surface area contributed by atoms with E-state index in [4.69, 9.17) is 5.26 Å². The summed E-state index contributed by atoms with van der Waals surface area (Å²) in [5, 5.41) is 8.97. The maximum atomic E-state index is 11.4. The number of likely N-dealkylation sites (tertiary alicyclic amines) is 1. The number of rotatable bonds is 3. The molecule has 0 spiro atoms. The zero-order valence-electron chi connectivity index (χ0n) is 8.34. The van der Waals surface area contributed by atoms with Crippen molar-refractivity contribution >= 4 is 5.91 Å². The summed E-state index contributed by atoms with van der Waals surface area (Å²) in [6.07, 6.45) is 3.27. The maximum Gasteiger partial charge on any atom is 0.223 e. The average molecular weight is 180 g/mol. The zero-order chi connectivity index (χ0) is 9.90. The Balaban J connectivity index is 2.67. The highest BCUT2D eigenvalue weighted by Gasteiger charge is 2.40. The summed E-state index contributed by atoms with van der Waals surface area (Å²) in [4.78, 5) is 13.2. The van der Waals surface area contributed by atoms with Crippen LogP contribution in [0.4, 0.5) is 0 Å². The van der Waals surface area contributed by atoms with E-state index in [1.54, 1.807) is 4.90 Å². The molecule has 0 bridgehead atoms. The van der Waals surface area contributed by atoms with Crippen LogP contribution in [-0.2, 0) is 4.79 Å². The lowest BCUT2D eigenvalue weighted by molar-refractivity contribution is -0.129. The van der Waals surface area contributed by atoms with Crippen LogP contribution >= 0.6 is 0 Å². The van der Waals surface area contributed by atoms with Crippen molar-refractivity contribution in [2.75, 3.05) is 6.54 Å². The molecular weight excluding hydrogens is 164 g/mol. The molecular formula is C10H16N2O. The van der Waals surface area contributed by atoms with Gasteiger partial charge in [0.15, 0.2) is 0 Å². The average Bonchev–Trinajstić information content (AvgIpc) is 2.41. The molecule has 1 unspecified atom stereocenters. The number of hydrogen-bond donors (Lipinski definition) is 0. The molecule has 0 radical (unpaired) electrons. The highest BCUT2D eigenvalue weighted by molar-refractivity contribution is 5.80. The number of unbranched alkanes of at least 4 members (excludes halogenated alkanes) is 1. The van der Waals surface area contributed by atoms with Gasteiger partial charge in [-0.25, -0.2) is 0 Å². The summed E-state index contributed by atoms with van der Waals surface area (Å²) in [7, 11) is 0.